The van der Waals surface area contributed by atoms with Gasteiger partial charge in [0.2, 0.25) is 0 Å². The Hall–Kier alpha value is -1.29. The summed E-state index contributed by atoms with van der Waals surface area (Å²) >= 11 is 0. The van der Waals surface area contributed by atoms with Crippen LogP contribution in [-0.2, 0) is 0 Å². The van der Waals surface area contributed by atoms with Gasteiger partial charge in [-0.3, -0.25) is 4.79 Å². The zero-order valence-electron chi connectivity index (χ0n) is 15.9. The number of rotatable bonds is 7. The maximum Gasteiger partial charge on any atom is 0.167 e. The van der Waals surface area contributed by atoms with Gasteiger partial charge in [0.15, 0.2) is 5.78 Å². The molecule has 0 saturated heterocycles. The molecule has 0 heterocycles. The third-order valence-electron chi connectivity index (χ3n) is 5.37. The maximum atomic E-state index is 13.3. The molecule has 1 atom stereocenters. The van der Waals surface area contributed by atoms with Crippen LogP contribution in [0.5, 0.6) is 11.5 Å². The predicted molar refractivity (Wildman–Crippen MR) is 99.7 cm³/mol. The van der Waals surface area contributed by atoms with Gasteiger partial charge in [-0.15, -0.1) is 0 Å². The van der Waals surface area contributed by atoms with E-state index in [4.69, 9.17) is 9.47 Å². The van der Waals surface area contributed by atoms with Gasteiger partial charge in [-0.25, -0.2) is 0 Å². The topological polar surface area (TPSA) is 35.5 Å². The van der Waals surface area contributed by atoms with E-state index >= 15 is 0 Å². The molecule has 0 radical (unpaired) electrons. The Morgan fingerprint density at radius 1 is 1.17 bits per heavy atom. The molecule has 1 aromatic carbocycles. The summed E-state index contributed by atoms with van der Waals surface area (Å²) in [5.41, 5.74) is 0.770. The van der Waals surface area contributed by atoms with Gasteiger partial charge in [0.05, 0.1) is 27.9 Å². The smallest absolute Gasteiger partial charge is 0.167 e. The quantitative estimate of drug-likeness (QED) is 0.482. The van der Waals surface area contributed by atoms with Crippen LogP contribution in [0.25, 0.3) is 0 Å². The molecular weight excluding hydrogens is 304 g/mol. The lowest BCUT2D eigenvalue weighted by Crippen LogP contribution is -2.45. The summed E-state index contributed by atoms with van der Waals surface area (Å²) in [6.07, 6.45) is 1.95. The van der Waals surface area contributed by atoms with Crippen molar-refractivity contribution in [3.63, 3.8) is 0 Å². The Morgan fingerprint density at radius 3 is 2.22 bits per heavy atom. The van der Waals surface area contributed by atoms with E-state index in [1.165, 1.54) is 0 Å². The normalized spacial score (nSPS) is 13.6. The molecule has 4 heteroatoms. The van der Waals surface area contributed by atoms with Crippen molar-refractivity contribution in [1.82, 2.24) is 0 Å². The van der Waals surface area contributed by atoms with Crippen molar-refractivity contribution in [2.24, 2.45) is 0 Å². The Labute approximate surface area is 142 Å². The summed E-state index contributed by atoms with van der Waals surface area (Å²) < 4.78 is 10.7. The first-order valence-corrected chi connectivity index (χ1v) is 11.4. The molecule has 0 aliphatic heterocycles. The third kappa shape index (κ3) is 4.17. The van der Waals surface area contributed by atoms with Crippen LogP contribution < -0.4 is 9.47 Å². The molecule has 0 aromatic heterocycles. The van der Waals surface area contributed by atoms with Crippen molar-refractivity contribution in [3.05, 3.63) is 23.8 Å². The van der Waals surface area contributed by atoms with Gasteiger partial charge in [0, 0.05) is 11.6 Å². The summed E-state index contributed by atoms with van der Waals surface area (Å²) in [4.78, 5) is 13.3. The second kappa shape index (κ2) is 7.52. The number of methoxy groups -OCH3 is 2. The summed E-state index contributed by atoms with van der Waals surface area (Å²) in [6.45, 7) is 13.6. The number of carbonyl (C=O) groups is 1. The van der Waals surface area contributed by atoms with E-state index in [1.807, 2.05) is 12.1 Å². The summed E-state index contributed by atoms with van der Waals surface area (Å²) in [6, 6.07) is 5.47. The zero-order valence-corrected chi connectivity index (χ0v) is 16.9. The fourth-order valence-corrected chi connectivity index (χ4v) is 5.69. The van der Waals surface area contributed by atoms with Crippen LogP contribution in [0.1, 0.15) is 50.9 Å². The van der Waals surface area contributed by atoms with E-state index in [2.05, 4.69) is 40.8 Å². The molecule has 0 fully saturated rings. The average Bonchev–Trinajstić information content (AvgIpc) is 2.49. The SMILES string of the molecule is CCCC(C(=O)c1ccc(OC)cc1OC)[Si](C)(C)C(C)(C)C. The lowest BCUT2D eigenvalue weighted by Gasteiger charge is -2.42. The van der Waals surface area contributed by atoms with Crippen LogP contribution in [0.15, 0.2) is 18.2 Å². The Bertz CT molecular complexity index is 544. The van der Waals surface area contributed by atoms with Crippen molar-refractivity contribution in [3.8, 4) is 11.5 Å². The van der Waals surface area contributed by atoms with Crippen molar-refractivity contribution < 1.29 is 14.3 Å². The first-order chi connectivity index (χ1) is 10.6. The van der Waals surface area contributed by atoms with E-state index in [9.17, 15) is 4.79 Å². The van der Waals surface area contributed by atoms with E-state index in [-0.39, 0.29) is 16.4 Å². The lowest BCUT2D eigenvalue weighted by atomic mass is 10.0. The molecule has 0 bridgehead atoms. The van der Waals surface area contributed by atoms with Gasteiger partial charge in [-0.1, -0.05) is 47.2 Å². The van der Waals surface area contributed by atoms with Crippen molar-refractivity contribution in [2.75, 3.05) is 14.2 Å². The third-order valence-corrected chi connectivity index (χ3v) is 11.5. The fraction of sp³-hybridized carbons (Fsp3) is 0.632. The molecule has 0 amide bonds. The minimum Gasteiger partial charge on any atom is -0.497 e. The van der Waals surface area contributed by atoms with Crippen LogP contribution in [-0.4, -0.2) is 28.1 Å². The minimum atomic E-state index is -1.80. The molecule has 23 heavy (non-hydrogen) atoms. The summed E-state index contributed by atoms with van der Waals surface area (Å²) in [5.74, 6) is 1.53. The highest BCUT2D eigenvalue weighted by atomic mass is 28.3. The second-order valence-electron chi connectivity index (χ2n) is 7.74. The van der Waals surface area contributed by atoms with Crippen molar-refractivity contribution in [2.45, 2.75) is 64.2 Å². The Kier molecular flexibility index (Phi) is 6.46. The van der Waals surface area contributed by atoms with E-state index in [1.54, 1.807) is 20.3 Å². The highest BCUT2D eigenvalue weighted by Gasteiger charge is 2.45. The number of ether oxygens (including phenoxy) is 2. The molecule has 0 aliphatic carbocycles. The molecule has 0 N–H and O–H groups in total. The number of Topliss-reactive ketones (excluding diaryl/α,β-unsaturated/α-hetero) is 1. The monoisotopic (exact) mass is 336 g/mol. The highest BCUT2D eigenvalue weighted by Crippen LogP contribution is 2.47. The van der Waals surface area contributed by atoms with E-state index < -0.39 is 8.07 Å². The molecular formula is C19H32O3Si. The van der Waals surface area contributed by atoms with Crippen LogP contribution in [0.2, 0.25) is 23.7 Å². The molecule has 1 unspecified atom stereocenters. The maximum absolute atomic E-state index is 13.3. The molecule has 130 valence electrons. The largest absolute Gasteiger partial charge is 0.497 e. The zero-order chi connectivity index (χ0) is 17.8. The van der Waals surface area contributed by atoms with Crippen LogP contribution in [0.4, 0.5) is 0 Å². The number of ketones is 1. The van der Waals surface area contributed by atoms with Gasteiger partial charge >= 0.3 is 0 Å². The van der Waals surface area contributed by atoms with Gasteiger partial charge in [-0.2, -0.15) is 0 Å². The van der Waals surface area contributed by atoms with E-state index in [0.29, 0.717) is 17.1 Å². The van der Waals surface area contributed by atoms with Gasteiger partial charge in [-0.05, 0) is 23.6 Å². The van der Waals surface area contributed by atoms with Crippen molar-refractivity contribution in [1.29, 1.82) is 0 Å². The average molecular weight is 337 g/mol. The van der Waals surface area contributed by atoms with Gasteiger partial charge < -0.3 is 9.47 Å². The lowest BCUT2D eigenvalue weighted by molar-refractivity contribution is 0.0972. The minimum absolute atomic E-state index is 0.0924. The number of carbonyl (C=O) groups excluding carboxylic acids is 1. The van der Waals surface area contributed by atoms with Gasteiger partial charge in [0.25, 0.3) is 0 Å². The predicted octanol–water partition coefficient (Wildman–Crippen LogP) is 5.57. The molecule has 1 aromatic rings. The molecule has 0 aliphatic rings. The molecule has 1 rings (SSSR count). The van der Waals surface area contributed by atoms with Gasteiger partial charge in [0.1, 0.15) is 11.5 Å². The second-order valence-corrected chi connectivity index (χ2v) is 13.4. The first-order valence-electron chi connectivity index (χ1n) is 8.36. The molecule has 0 saturated carbocycles. The van der Waals surface area contributed by atoms with Crippen LogP contribution in [0, 0.1) is 0 Å². The summed E-state index contributed by atoms with van der Waals surface area (Å²) in [7, 11) is 1.43. The number of hydrogen-bond acceptors (Lipinski definition) is 3. The van der Waals surface area contributed by atoms with Crippen LogP contribution in [0.3, 0.4) is 0 Å². The van der Waals surface area contributed by atoms with E-state index in [0.717, 1.165) is 12.8 Å². The Morgan fingerprint density at radius 2 is 1.78 bits per heavy atom. The molecule has 0 spiro atoms. The van der Waals surface area contributed by atoms with Crippen LogP contribution >= 0.6 is 0 Å². The number of benzene rings is 1. The fourth-order valence-electron chi connectivity index (χ4n) is 2.82. The first kappa shape index (κ1) is 19.8. The standard InChI is InChI=1S/C19H32O3Si/c1-9-10-17(23(7,8)19(2,3)4)18(20)15-12-11-14(21-5)13-16(15)22-6/h11-13,17H,9-10H2,1-8H3. The van der Waals surface area contributed by atoms with Crippen molar-refractivity contribution >= 4 is 13.9 Å². The molecule has 3 nitrogen and oxygen atoms in total. The number of hydrogen-bond donors (Lipinski definition) is 0. The Balaban J connectivity index is 3.32. The summed E-state index contributed by atoms with van der Waals surface area (Å²) in [5, 5.41) is 0.169. The highest BCUT2D eigenvalue weighted by molar-refractivity contribution is 6.84.